The van der Waals surface area contributed by atoms with Gasteiger partial charge in [0.05, 0.1) is 19.1 Å². The number of benzene rings is 2. The fourth-order valence-corrected chi connectivity index (χ4v) is 3.86. The van der Waals surface area contributed by atoms with E-state index in [0.29, 0.717) is 5.75 Å². The highest BCUT2D eigenvalue weighted by atomic mass is 32.2. The van der Waals surface area contributed by atoms with E-state index in [2.05, 4.69) is 5.32 Å². The summed E-state index contributed by atoms with van der Waals surface area (Å²) in [4.78, 5) is 26.8. The van der Waals surface area contributed by atoms with E-state index in [1.54, 1.807) is 31.2 Å². The first-order chi connectivity index (χ1) is 14.2. The van der Waals surface area contributed by atoms with Gasteiger partial charge in [0.1, 0.15) is 18.3 Å². The van der Waals surface area contributed by atoms with Gasteiger partial charge in [-0.2, -0.15) is 0 Å². The van der Waals surface area contributed by atoms with Crippen LogP contribution in [-0.2, 0) is 26.2 Å². The molecule has 0 aliphatic rings. The van der Waals surface area contributed by atoms with Crippen molar-refractivity contribution in [2.75, 3.05) is 31.3 Å². The predicted octanol–water partition coefficient (Wildman–Crippen LogP) is 1.62. The minimum Gasteiger partial charge on any atom is -0.495 e. The summed E-state index contributed by atoms with van der Waals surface area (Å²) in [5, 5.41) is 2.53. The molecule has 0 unspecified atom stereocenters. The Morgan fingerprint density at radius 2 is 1.67 bits per heavy atom. The molecule has 0 saturated carbocycles. The van der Waals surface area contributed by atoms with Crippen molar-refractivity contribution < 1.29 is 22.7 Å². The molecule has 2 aromatic carbocycles. The third-order valence-electron chi connectivity index (χ3n) is 4.64. The molecule has 0 radical (unpaired) electrons. The molecule has 2 amide bonds. The minimum atomic E-state index is -3.80. The smallest absolute Gasteiger partial charge is 0.244 e. The summed E-state index contributed by atoms with van der Waals surface area (Å²) < 4.78 is 31.2. The number of methoxy groups -OCH3 is 1. The first-order valence-corrected chi connectivity index (χ1v) is 11.2. The molecule has 1 N–H and O–H groups in total. The van der Waals surface area contributed by atoms with Crippen molar-refractivity contribution in [3.8, 4) is 5.75 Å². The standard InChI is InChI=1S/C21H27N3O5S/c1-16(21(26)22-2)23(14-17-10-6-5-7-11-17)20(25)15-24(30(4,27)28)18-12-8-9-13-19(18)29-3/h5-13,16H,14-15H2,1-4H3,(H,22,26)/t16-/m0/s1. The molecule has 2 aromatic rings. The molecule has 0 aromatic heterocycles. The van der Waals surface area contributed by atoms with Gasteiger partial charge in [-0.15, -0.1) is 0 Å². The molecule has 30 heavy (non-hydrogen) atoms. The van der Waals surface area contributed by atoms with Crippen LogP contribution in [0.1, 0.15) is 12.5 Å². The van der Waals surface area contributed by atoms with Crippen LogP contribution in [0.4, 0.5) is 5.69 Å². The molecule has 0 aliphatic carbocycles. The van der Waals surface area contributed by atoms with E-state index in [9.17, 15) is 18.0 Å². The zero-order valence-electron chi connectivity index (χ0n) is 17.5. The van der Waals surface area contributed by atoms with E-state index in [4.69, 9.17) is 4.74 Å². The number of hydrogen-bond donors (Lipinski definition) is 1. The van der Waals surface area contributed by atoms with E-state index in [0.717, 1.165) is 16.1 Å². The average Bonchev–Trinajstić information content (AvgIpc) is 2.74. The van der Waals surface area contributed by atoms with Crippen molar-refractivity contribution in [1.29, 1.82) is 0 Å². The lowest BCUT2D eigenvalue weighted by Crippen LogP contribution is -2.50. The number of ether oxygens (including phenoxy) is 1. The Labute approximate surface area is 177 Å². The first-order valence-electron chi connectivity index (χ1n) is 9.34. The van der Waals surface area contributed by atoms with Gasteiger partial charge in [0.15, 0.2) is 0 Å². The quantitative estimate of drug-likeness (QED) is 0.648. The van der Waals surface area contributed by atoms with Crippen LogP contribution in [0, 0.1) is 0 Å². The molecule has 0 aliphatic heterocycles. The monoisotopic (exact) mass is 433 g/mol. The zero-order chi connectivity index (χ0) is 22.3. The van der Waals surface area contributed by atoms with Crippen LogP contribution in [0.3, 0.4) is 0 Å². The summed E-state index contributed by atoms with van der Waals surface area (Å²) in [6.45, 7) is 1.30. The van der Waals surface area contributed by atoms with Crippen molar-refractivity contribution in [3.05, 3.63) is 60.2 Å². The normalized spacial score (nSPS) is 12.0. The molecule has 2 rings (SSSR count). The van der Waals surface area contributed by atoms with Gasteiger partial charge in [-0.1, -0.05) is 42.5 Å². The van der Waals surface area contributed by atoms with Crippen LogP contribution >= 0.6 is 0 Å². The molecule has 0 fully saturated rings. The van der Waals surface area contributed by atoms with Gasteiger partial charge in [-0.3, -0.25) is 13.9 Å². The lowest BCUT2D eigenvalue weighted by molar-refractivity contribution is -0.139. The number of amides is 2. The van der Waals surface area contributed by atoms with E-state index in [-0.39, 0.29) is 18.1 Å². The summed E-state index contributed by atoms with van der Waals surface area (Å²) in [7, 11) is -0.883. The van der Waals surface area contributed by atoms with E-state index >= 15 is 0 Å². The van der Waals surface area contributed by atoms with Crippen LogP contribution in [0.25, 0.3) is 0 Å². The number of nitrogens with zero attached hydrogens (tertiary/aromatic N) is 2. The highest BCUT2D eigenvalue weighted by Crippen LogP contribution is 2.29. The second-order valence-electron chi connectivity index (χ2n) is 6.74. The van der Waals surface area contributed by atoms with Gasteiger partial charge in [0, 0.05) is 13.6 Å². The number of rotatable bonds is 9. The topological polar surface area (TPSA) is 96.0 Å². The van der Waals surface area contributed by atoms with Crippen LogP contribution in [0.2, 0.25) is 0 Å². The summed E-state index contributed by atoms with van der Waals surface area (Å²) >= 11 is 0. The summed E-state index contributed by atoms with van der Waals surface area (Å²) in [6, 6.07) is 15.0. The Morgan fingerprint density at radius 3 is 2.23 bits per heavy atom. The zero-order valence-corrected chi connectivity index (χ0v) is 18.3. The molecular formula is C21H27N3O5S. The molecule has 8 nitrogen and oxygen atoms in total. The second kappa shape index (κ2) is 10.1. The third-order valence-corrected chi connectivity index (χ3v) is 5.77. The average molecular weight is 434 g/mol. The van der Waals surface area contributed by atoms with Crippen molar-refractivity contribution in [2.45, 2.75) is 19.5 Å². The lowest BCUT2D eigenvalue weighted by atomic mass is 10.1. The first kappa shape index (κ1) is 23.2. The van der Waals surface area contributed by atoms with Crippen molar-refractivity contribution in [2.24, 2.45) is 0 Å². The van der Waals surface area contributed by atoms with Gasteiger partial charge >= 0.3 is 0 Å². The number of para-hydroxylation sites is 2. The lowest BCUT2D eigenvalue weighted by Gasteiger charge is -2.31. The number of sulfonamides is 1. The highest BCUT2D eigenvalue weighted by molar-refractivity contribution is 7.92. The van der Waals surface area contributed by atoms with Crippen molar-refractivity contribution >= 4 is 27.5 Å². The van der Waals surface area contributed by atoms with Gasteiger partial charge in [0.25, 0.3) is 0 Å². The molecule has 0 bridgehead atoms. The Morgan fingerprint density at radius 1 is 1.07 bits per heavy atom. The van der Waals surface area contributed by atoms with E-state index < -0.39 is 28.5 Å². The Kier molecular flexibility index (Phi) is 7.82. The number of carbonyl (C=O) groups excluding carboxylic acids is 2. The summed E-state index contributed by atoms with van der Waals surface area (Å²) in [6.07, 6.45) is 1.02. The second-order valence-corrected chi connectivity index (χ2v) is 8.65. The molecule has 1 atom stereocenters. The predicted molar refractivity (Wildman–Crippen MR) is 116 cm³/mol. The van der Waals surface area contributed by atoms with Crippen molar-refractivity contribution in [1.82, 2.24) is 10.2 Å². The van der Waals surface area contributed by atoms with Gasteiger partial charge < -0.3 is 15.0 Å². The maximum Gasteiger partial charge on any atom is 0.244 e. The third kappa shape index (κ3) is 5.73. The SMILES string of the molecule is CNC(=O)[C@H](C)N(Cc1ccccc1)C(=O)CN(c1ccccc1OC)S(C)(=O)=O. The number of anilines is 1. The van der Waals surface area contributed by atoms with E-state index in [1.165, 1.54) is 19.1 Å². The summed E-state index contributed by atoms with van der Waals surface area (Å²) in [5.41, 5.74) is 1.08. The number of carbonyl (C=O) groups is 2. The number of nitrogens with one attached hydrogen (secondary N) is 1. The molecule has 0 saturated heterocycles. The fraction of sp³-hybridized carbons (Fsp3) is 0.333. The maximum absolute atomic E-state index is 13.2. The molecule has 162 valence electrons. The Hall–Kier alpha value is -3.07. The number of likely N-dealkylation sites (N-methyl/N-ethyl adjacent to an activating group) is 1. The summed E-state index contributed by atoms with van der Waals surface area (Å²) in [5.74, 6) is -0.529. The maximum atomic E-state index is 13.2. The van der Waals surface area contributed by atoms with Crippen LogP contribution < -0.4 is 14.4 Å². The van der Waals surface area contributed by atoms with E-state index in [1.807, 2.05) is 30.3 Å². The molecule has 9 heteroatoms. The van der Waals surface area contributed by atoms with Crippen molar-refractivity contribution in [3.63, 3.8) is 0 Å². The highest BCUT2D eigenvalue weighted by Gasteiger charge is 2.30. The molecular weight excluding hydrogens is 406 g/mol. The van der Waals surface area contributed by atoms with Crippen LogP contribution in [0.5, 0.6) is 5.75 Å². The number of hydrogen-bond acceptors (Lipinski definition) is 5. The largest absolute Gasteiger partial charge is 0.495 e. The van der Waals surface area contributed by atoms with Crippen LogP contribution in [-0.4, -0.2) is 58.1 Å². The Balaban J connectivity index is 2.40. The van der Waals surface area contributed by atoms with Gasteiger partial charge in [0.2, 0.25) is 21.8 Å². The minimum absolute atomic E-state index is 0.164. The molecule has 0 spiro atoms. The van der Waals surface area contributed by atoms with Gasteiger partial charge in [-0.05, 0) is 24.6 Å². The van der Waals surface area contributed by atoms with Gasteiger partial charge in [-0.25, -0.2) is 8.42 Å². The van der Waals surface area contributed by atoms with Crippen LogP contribution in [0.15, 0.2) is 54.6 Å². The molecule has 0 heterocycles. The fourth-order valence-electron chi connectivity index (χ4n) is 3.00. The Bertz CT molecular complexity index is 979.